The van der Waals surface area contributed by atoms with E-state index in [-0.39, 0.29) is 5.91 Å². The Labute approximate surface area is 142 Å². The van der Waals surface area contributed by atoms with Crippen LogP contribution in [0.15, 0.2) is 24.3 Å². The lowest BCUT2D eigenvalue weighted by Crippen LogP contribution is -2.50. The lowest BCUT2D eigenvalue weighted by Gasteiger charge is -2.30. The number of aromatic nitrogens is 3. The van der Waals surface area contributed by atoms with Crippen molar-refractivity contribution in [2.24, 2.45) is 0 Å². The van der Waals surface area contributed by atoms with Crippen LogP contribution in [0.1, 0.15) is 22.5 Å². The van der Waals surface area contributed by atoms with Crippen LogP contribution in [0, 0.1) is 12.7 Å². The fourth-order valence-electron chi connectivity index (χ4n) is 2.80. The van der Waals surface area contributed by atoms with Crippen LogP contribution in [0.5, 0.6) is 5.75 Å². The van der Waals surface area contributed by atoms with E-state index in [1.165, 1.54) is 12.1 Å². The lowest BCUT2D eigenvalue weighted by molar-refractivity contribution is 0.0644. The quantitative estimate of drug-likeness (QED) is 0.678. The predicted molar refractivity (Wildman–Crippen MR) is 89.3 cm³/mol. The zero-order chi connectivity index (χ0) is 17.6. The molecule has 0 spiro atoms. The molecule has 0 unspecified atom stereocenters. The summed E-state index contributed by atoms with van der Waals surface area (Å²) in [4.78, 5) is 17.1. The molecule has 1 aliphatic heterocycles. The van der Waals surface area contributed by atoms with Gasteiger partial charge in [0.2, 0.25) is 0 Å². The molecule has 1 amide bonds. The third-order valence-corrected chi connectivity index (χ3v) is 4.31. The zero-order valence-electron chi connectivity index (χ0n) is 13.5. The second-order valence-electron chi connectivity index (χ2n) is 6.05. The van der Waals surface area contributed by atoms with Crippen molar-refractivity contribution in [1.29, 1.82) is 0 Å². The standard InChI is InChI=1S/C17H16FN5O2/c1-9-15-11(17(25)22-23-5-2-6-23)8-13(19-16(15)21-20-9)10-3-4-14(24)12(18)7-10/h3-4,7-8,24H,2,5-6H2,1H3,(H,22,25)(H,19,20,21). The molecule has 0 aliphatic carbocycles. The number of phenols is 1. The Bertz CT molecular complexity index is 981. The van der Waals surface area contributed by atoms with E-state index in [0.717, 1.165) is 25.2 Å². The van der Waals surface area contributed by atoms with E-state index in [1.54, 1.807) is 12.1 Å². The summed E-state index contributed by atoms with van der Waals surface area (Å²) in [6.45, 7) is 3.46. The molecule has 3 N–H and O–H groups in total. The largest absolute Gasteiger partial charge is 0.505 e. The lowest BCUT2D eigenvalue weighted by atomic mass is 10.0. The molecule has 0 saturated carbocycles. The first-order valence-corrected chi connectivity index (χ1v) is 7.93. The minimum Gasteiger partial charge on any atom is -0.505 e. The Balaban J connectivity index is 1.83. The molecular formula is C17H16FN5O2. The van der Waals surface area contributed by atoms with Gasteiger partial charge >= 0.3 is 0 Å². The van der Waals surface area contributed by atoms with Gasteiger partial charge in [-0.1, -0.05) is 0 Å². The maximum Gasteiger partial charge on any atom is 0.266 e. The second kappa shape index (κ2) is 5.82. The summed E-state index contributed by atoms with van der Waals surface area (Å²) in [5, 5.41) is 18.8. The Morgan fingerprint density at radius 3 is 2.84 bits per heavy atom. The van der Waals surface area contributed by atoms with Gasteiger partial charge in [0.15, 0.2) is 17.2 Å². The van der Waals surface area contributed by atoms with Crippen LogP contribution in [0.3, 0.4) is 0 Å². The van der Waals surface area contributed by atoms with Gasteiger partial charge in [0.1, 0.15) is 0 Å². The van der Waals surface area contributed by atoms with Gasteiger partial charge in [-0.2, -0.15) is 5.10 Å². The molecule has 1 fully saturated rings. The van der Waals surface area contributed by atoms with Gasteiger partial charge in [0, 0.05) is 24.3 Å². The van der Waals surface area contributed by atoms with Gasteiger partial charge in [-0.25, -0.2) is 14.4 Å². The number of hydrogen-bond donors (Lipinski definition) is 3. The number of H-pyrrole nitrogens is 1. The number of aromatic amines is 1. The first kappa shape index (κ1) is 15.5. The fourth-order valence-corrected chi connectivity index (χ4v) is 2.80. The number of carbonyl (C=O) groups excluding carboxylic acids is 1. The highest BCUT2D eigenvalue weighted by molar-refractivity contribution is 6.07. The molecule has 1 saturated heterocycles. The average molecular weight is 341 g/mol. The summed E-state index contributed by atoms with van der Waals surface area (Å²) in [5.74, 6) is -1.43. The monoisotopic (exact) mass is 341 g/mol. The highest BCUT2D eigenvalue weighted by Crippen LogP contribution is 2.28. The molecule has 0 radical (unpaired) electrons. The van der Waals surface area contributed by atoms with E-state index < -0.39 is 11.6 Å². The number of aryl methyl sites for hydroxylation is 1. The SMILES string of the molecule is Cc1[nH]nc2nc(-c3ccc(O)c(F)c3)cc(C(=O)NN3CCC3)c12. The van der Waals surface area contributed by atoms with Crippen molar-refractivity contribution < 1.29 is 14.3 Å². The number of fused-ring (bicyclic) bond motifs is 1. The molecule has 3 heterocycles. The van der Waals surface area contributed by atoms with E-state index in [4.69, 9.17) is 0 Å². The van der Waals surface area contributed by atoms with E-state index >= 15 is 0 Å². The summed E-state index contributed by atoms with van der Waals surface area (Å²) >= 11 is 0. The van der Waals surface area contributed by atoms with Crippen LogP contribution in [-0.2, 0) is 0 Å². The molecule has 2 aromatic heterocycles. The van der Waals surface area contributed by atoms with E-state index in [2.05, 4.69) is 20.6 Å². The van der Waals surface area contributed by atoms with Crippen molar-refractivity contribution in [1.82, 2.24) is 25.6 Å². The molecular weight excluding hydrogens is 325 g/mol. The number of rotatable bonds is 3. The smallest absolute Gasteiger partial charge is 0.266 e. The highest BCUT2D eigenvalue weighted by Gasteiger charge is 2.22. The topological polar surface area (TPSA) is 94.1 Å². The number of pyridine rings is 1. The summed E-state index contributed by atoms with van der Waals surface area (Å²) in [5.41, 5.74) is 5.26. The first-order valence-electron chi connectivity index (χ1n) is 7.93. The Kier molecular flexibility index (Phi) is 3.61. The van der Waals surface area contributed by atoms with Crippen LogP contribution in [0.2, 0.25) is 0 Å². The normalized spacial score (nSPS) is 14.5. The number of aromatic hydroxyl groups is 1. The maximum atomic E-state index is 13.7. The number of halogens is 1. The summed E-state index contributed by atoms with van der Waals surface area (Å²) in [6, 6.07) is 5.60. The number of hydrogen-bond acceptors (Lipinski definition) is 5. The second-order valence-corrected chi connectivity index (χ2v) is 6.05. The van der Waals surface area contributed by atoms with E-state index in [9.17, 15) is 14.3 Å². The van der Waals surface area contributed by atoms with E-state index in [0.29, 0.717) is 27.9 Å². The van der Waals surface area contributed by atoms with Crippen LogP contribution in [0.25, 0.3) is 22.3 Å². The number of nitrogens with one attached hydrogen (secondary N) is 2. The van der Waals surface area contributed by atoms with Crippen molar-refractivity contribution >= 4 is 16.9 Å². The highest BCUT2D eigenvalue weighted by atomic mass is 19.1. The van der Waals surface area contributed by atoms with Crippen molar-refractivity contribution in [3.63, 3.8) is 0 Å². The number of phenolic OH excluding ortho intramolecular Hbond substituents is 1. The van der Waals surface area contributed by atoms with Gasteiger partial charge in [-0.3, -0.25) is 15.3 Å². The van der Waals surface area contributed by atoms with Crippen molar-refractivity contribution in [2.75, 3.05) is 13.1 Å². The Hall–Kier alpha value is -3.00. The van der Waals surface area contributed by atoms with Crippen molar-refractivity contribution in [2.45, 2.75) is 13.3 Å². The molecule has 25 heavy (non-hydrogen) atoms. The molecule has 1 aromatic carbocycles. The molecule has 4 rings (SSSR count). The third kappa shape index (κ3) is 2.70. The van der Waals surface area contributed by atoms with Gasteiger partial charge in [-0.15, -0.1) is 0 Å². The number of hydrazine groups is 1. The maximum absolute atomic E-state index is 13.7. The van der Waals surface area contributed by atoms with Gasteiger partial charge < -0.3 is 5.11 Å². The molecule has 128 valence electrons. The van der Waals surface area contributed by atoms with Gasteiger partial charge in [0.05, 0.1) is 16.6 Å². The molecule has 0 atom stereocenters. The summed E-state index contributed by atoms with van der Waals surface area (Å²) < 4.78 is 13.7. The molecule has 0 bridgehead atoms. The molecule has 3 aromatic rings. The summed E-state index contributed by atoms with van der Waals surface area (Å²) in [7, 11) is 0. The number of amides is 1. The molecule has 7 nitrogen and oxygen atoms in total. The minimum absolute atomic E-state index is 0.253. The number of benzene rings is 1. The average Bonchev–Trinajstić information content (AvgIpc) is 2.94. The van der Waals surface area contributed by atoms with Crippen molar-refractivity contribution in [3.05, 3.63) is 41.3 Å². The molecule has 1 aliphatic rings. The number of carbonyl (C=O) groups is 1. The van der Waals surface area contributed by atoms with Crippen molar-refractivity contribution in [3.8, 4) is 17.0 Å². The Morgan fingerprint density at radius 1 is 1.36 bits per heavy atom. The zero-order valence-corrected chi connectivity index (χ0v) is 13.5. The minimum atomic E-state index is -0.746. The Morgan fingerprint density at radius 2 is 2.16 bits per heavy atom. The first-order chi connectivity index (χ1) is 12.0. The predicted octanol–water partition coefficient (Wildman–Crippen LogP) is 2.13. The molecule has 8 heteroatoms. The number of nitrogens with zero attached hydrogens (tertiary/aromatic N) is 3. The van der Waals surface area contributed by atoms with Gasteiger partial charge in [-0.05, 0) is 37.6 Å². The van der Waals surface area contributed by atoms with Crippen LogP contribution in [-0.4, -0.2) is 44.3 Å². The van der Waals surface area contributed by atoms with Crippen LogP contribution >= 0.6 is 0 Å². The van der Waals surface area contributed by atoms with E-state index in [1.807, 2.05) is 11.9 Å². The fraction of sp³-hybridized carbons (Fsp3) is 0.235. The third-order valence-electron chi connectivity index (χ3n) is 4.31. The van der Waals surface area contributed by atoms with Gasteiger partial charge in [0.25, 0.3) is 5.91 Å². The van der Waals surface area contributed by atoms with Crippen LogP contribution < -0.4 is 5.43 Å². The van der Waals surface area contributed by atoms with Crippen LogP contribution in [0.4, 0.5) is 4.39 Å². The summed E-state index contributed by atoms with van der Waals surface area (Å²) in [6.07, 6.45) is 1.05.